The molecule has 3 aromatic carbocycles. The summed E-state index contributed by atoms with van der Waals surface area (Å²) in [6.45, 7) is -0.583. The van der Waals surface area contributed by atoms with Crippen molar-refractivity contribution in [2.75, 3.05) is 37.5 Å². The Hall–Kier alpha value is -3.81. The number of methoxy groups -OCH3 is 3. The van der Waals surface area contributed by atoms with Gasteiger partial charge in [0.1, 0.15) is 12.3 Å². The Bertz CT molecular complexity index is 1440. The number of nitrogens with two attached hydrogens (primary N) is 1. The molecular formula is C23H25N3O8S2. The van der Waals surface area contributed by atoms with Gasteiger partial charge in [-0.05, 0) is 60.7 Å². The van der Waals surface area contributed by atoms with Crippen LogP contribution in [-0.2, 0) is 24.8 Å². The molecule has 0 saturated heterocycles. The fraction of sp³-hybridized carbons (Fsp3) is 0.174. The van der Waals surface area contributed by atoms with Crippen LogP contribution >= 0.6 is 0 Å². The number of primary sulfonamides is 1. The highest BCUT2D eigenvalue weighted by atomic mass is 32.2. The Labute approximate surface area is 209 Å². The first-order chi connectivity index (χ1) is 17.0. The van der Waals surface area contributed by atoms with E-state index in [9.17, 15) is 21.6 Å². The van der Waals surface area contributed by atoms with Gasteiger partial charge in [0.2, 0.25) is 15.9 Å². The summed E-state index contributed by atoms with van der Waals surface area (Å²) in [5.41, 5.74) is 0.468. The second-order valence-electron chi connectivity index (χ2n) is 7.34. The number of anilines is 2. The Morgan fingerprint density at radius 2 is 1.39 bits per heavy atom. The highest BCUT2D eigenvalue weighted by Gasteiger charge is 2.28. The van der Waals surface area contributed by atoms with Crippen molar-refractivity contribution in [3.63, 3.8) is 0 Å². The third-order valence-electron chi connectivity index (χ3n) is 5.06. The van der Waals surface area contributed by atoms with Crippen LogP contribution in [0.2, 0.25) is 0 Å². The van der Waals surface area contributed by atoms with Gasteiger partial charge in [-0.15, -0.1) is 0 Å². The van der Waals surface area contributed by atoms with Gasteiger partial charge < -0.3 is 19.5 Å². The van der Waals surface area contributed by atoms with Crippen LogP contribution in [0.1, 0.15) is 0 Å². The number of nitrogens with zero attached hydrogens (tertiary/aromatic N) is 1. The lowest BCUT2D eigenvalue weighted by Gasteiger charge is -2.24. The van der Waals surface area contributed by atoms with E-state index in [0.29, 0.717) is 11.5 Å². The van der Waals surface area contributed by atoms with Crippen molar-refractivity contribution in [2.45, 2.75) is 9.79 Å². The summed E-state index contributed by atoms with van der Waals surface area (Å²) in [6.07, 6.45) is 0. The second kappa shape index (κ2) is 10.8. The molecule has 3 aromatic rings. The molecule has 11 nitrogen and oxygen atoms in total. The minimum atomic E-state index is -4.24. The van der Waals surface area contributed by atoms with Crippen molar-refractivity contribution in [2.24, 2.45) is 5.14 Å². The number of sulfonamides is 2. The van der Waals surface area contributed by atoms with Gasteiger partial charge in [-0.3, -0.25) is 9.10 Å². The first-order valence-electron chi connectivity index (χ1n) is 10.3. The molecule has 3 N–H and O–H groups in total. The molecule has 0 saturated carbocycles. The minimum Gasteiger partial charge on any atom is -0.497 e. The van der Waals surface area contributed by atoms with E-state index in [1.165, 1.54) is 75.9 Å². The largest absolute Gasteiger partial charge is 0.497 e. The smallest absolute Gasteiger partial charge is 0.264 e. The normalized spacial score (nSPS) is 11.4. The molecule has 0 atom stereocenters. The van der Waals surface area contributed by atoms with Crippen molar-refractivity contribution in [3.05, 3.63) is 66.7 Å². The molecule has 1 amide bonds. The topological polar surface area (TPSA) is 154 Å². The molecule has 0 aliphatic carbocycles. The van der Waals surface area contributed by atoms with Crippen LogP contribution in [0.5, 0.6) is 17.2 Å². The molecule has 36 heavy (non-hydrogen) atoms. The second-order valence-corrected chi connectivity index (χ2v) is 10.8. The van der Waals surface area contributed by atoms with E-state index in [-0.39, 0.29) is 26.9 Å². The van der Waals surface area contributed by atoms with Crippen LogP contribution in [-0.4, -0.2) is 50.6 Å². The SMILES string of the molecule is COc1ccc(N(CC(=O)Nc2ccc(S(N)(=O)=O)cc2)S(=O)(=O)c2ccc(OC)c(OC)c2)cc1. The lowest BCUT2D eigenvalue weighted by Crippen LogP contribution is -2.38. The fourth-order valence-electron chi connectivity index (χ4n) is 3.23. The maximum Gasteiger partial charge on any atom is 0.264 e. The van der Waals surface area contributed by atoms with E-state index < -0.39 is 32.5 Å². The summed E-state index contributed by atoms with van der Waals surface area (Å²) < 4.78 is 66.6. The Kier molecular flexibility index (Phi) is 8.07. The van der Waals surface area contributed by atoms with Crippen molar-refractivity contribution >= 4 is 37.3 Å². The molecule has 0 fully saturated rings. The highest BCUT2D eigenvalue weighted by molar-refractivity contribution is 7.92. The van der Waals surface area contributed by atoms with Gasteiger partial charge in [-0.1, -0.05) is 0 Å². The summed E-state index contributed by atoms with van der Waals surface area (Å²) in [7, 11) is -3.86. The van der Waals surface area contributed by atoms with Gasteiger partial charge in [-0.2, -0.15) is 0 Å². The first-order valence-corrected chi connectivity index (χ1v) is 13.3. The van der Waals surface area contributed by atoms with Crippen molar-refractivity contribution in [3.8, 4) is 17.2 Å². The predicted molar refractivity (Wildman–Crippen MR) is 134 cm³/mol. The predicted octanol–water partition coefficient (Wildman–Crippen LogP) is 2.19. The molecule has 0 spiro atoms. The number of nitrogens with one attached hydrogen (secondary N) is 1. The summed E-state index contributed by atoms with van der Waals surface area (Å²) in [5, 5.41) is 7.64. The molecule has 0 aliphatic heterocycles. The monoisotopic (exact) mass is 535 g/mol. The van der Waals surface area contributed by atoms with Crippen molar-refractivity contribution in [1.82, 2.24) is 0 Å². The molecule has 0 radical (unpaired) electrons. The Balaban J connectivity index is 1.96. The van der Waals surface area contributed by atoms with Crippen LogP contribution in [0.15, 0.2) is 76.5 Å². The average Bonchev–Trinajstić information content (AvgIpc) is 2.86. The molecule has 0 aliphatic rings. The number of hydrogen-bond donors (Lipinski definition) is 2. The number of amides is 1. The zero-order valence-corrected chi connectivity index (χ0v) is 21.3. The molecule has 3 rings (SSSR count). The lowest BCUT2D eigenvalue weighted by atomic mass is 10.3. The van der Waals surface area contributed by atoms with Gasteiger partial charge in [0, 0.05) is 11.8 Å². The zero-order valence-electron chi connectivity index (χ0n) is 19.7. The van der Waals surface area contributed by atoms with Crippen LogP contribution in [0.4, 0.5) is 11.4 Å². The van der Waals surface area contributed by atoms with Crippen molar-refractivity contribution < 1.29 is 35.8 Å². The van der Waals surface area contributed by atoms with E-state index in [0.717, 1.165) is 4.31 Å². The number of carbonyl (C=O) groups is 1. The molecule has 0 unspecified atom stereocenters. The van der Waals surface area contributed by atoms with E-state index >= 15 is 0 Å². The average molecular weight is 536 g/mol. The molecule has 0 heterocycles. The Morgan fingerprint density at radius 1 is 0.806 bits per heavy atom. The van der Waals surface area contributed by atoms with E-state index in [1.807, 2.05) is 0 Å². The maximum atomic E-state index is 13.6. The first kappa shape index (κ1) is 26.8. The summed E-state index contributed by atoms with van der Waals surface area (Å²) in [5.74, 6) is 0.376. The van der Waals surface area contributed by atoms with E-state index in [1.54, 1.807) is 12.1 Å². The molecule has 0 aromatic heterocycles. The molecular weight excluding hydrogens is 510 g/mol. The van der Waals surface area contributed by atoms with Gasteiger partial charge >= 0.3 is 0 Å². The molecule has 192 valence electrons. The van der Waals surface area contributed by atoms with Crippen LogP contribution in [0.3, 0.4) is 0 Å². The zero-order chi connectivity index (χ0) is 26.5. The highest BCUT2D eigenvalue weighted by Crippen LogP contribution is 2.32. The van der Waals surface area contributed by atoms with Gasteiger partial charge in [-0.25, -0.2) is 22.0 Å². The quantitative estimate of drug-likeness (QED) is 0.400. The summed E-state index contributed by atoms with van der Waals surface area (Å²) in [4.78, 5) is 12.6. The number of ether oxygens (including phenoxy) is 3. The Morgan fingerprint density at radius 3 is 1.92 bits per heavy atom. The number of benzene rings is 3. The van der Waals surface area contributed by atoms with Gasteiger partial charge in [0.25, 0.3) is 10.0 Å². The molecule has 0 bridgehead atoms. The number of hydrogen-bond acceptors (Lipinski definition) is 8. The van der Waals surface area contributed by atoms with Gasteiger partial charge in [0.05, 0.1) is 36.8 Å². The van der Waals surface area contributed by atoms with Gasteiger partial charge in [0.15, 0.2) is 11.5 Å². The summed E-state index contributed by atoms with van der Waals surface area (Å²) in [6, 6.07) is 15.4. The number of rotatable bonds is 10. The maximum absolute atomic E-state index is 13.6. The summed E-state index contributed by atoms with van der Waals surface area (Å²) >= 11 is 0. The molecule has 13 heteroatoms. The number of carbonyl (C=O) groups excluding carboxylic acids is 1. The third kappa shape index (κ3) is 6.05. The van der Waals surface area contributed by atoms with E-state index in [2.05, 4.69) is 5.32 Å². The standard InChI is InChI=1S/C23H25N3O8S2/c1-32-18-8-6-17(7-9-18)26(36(30,31)20-12-13-21(33-2)22(14-20)34-3)15-23(27)25-16-4-10-19(11-5-16)35(24,28)29/h4-14H,15H2,1-3H3,(H,25,27)(H2,24,28,29). The van der Waals surface area contributed by atoms with Crippen LogP contribution in [0, 0.1) is 0 Å². The van der Waals surface area contributed by atoms with Crippen LogP contribution < -0.4 is 29.0 Å². The van der Waals surface area contributed by atoms with Crippen molar-refractivity contribution in [1.29, 1.82) is 0 Å². The lowest BCUT2D eigenvalue weighted by molar-refractivity contribution is -0.114. The third-order valence-corrected chi connectivity index (χ3v) is 7.76. The van der Waals surface area contributed by atoms with Crippen LogP contribution in [0.25, 0.3) is 0 Å². The fourth-order valence-corrected chi connectivity index (χ4v) is 5.18. The van der Waals surface area contributed by atoms with E-state index in [4.69, 9.17) is 19.3 Å². The minimum absolute atomic E-state index is 0.124.